The van der Waals surface area contributed by atoms with Gasteiger partial charge in [-0.25, -0.2) is 0 Å². The van der Waals surface area contributed by atoms with Crippen molar-refractivity contribution in [3.63, 3.8) is 0 Å². The number of hydrogen-bond donors (Lipinski definition) is 1. The fourth-order valence-corrected chi connectivity index (χ4v) is 1.96. The smallest absolute Gasteiger partial charge is 0.0595 e. The highest BCUT2D eigenvalue weighted by atomic mass is 35.5. The molecule has 1 heterocycles. The van der Waals surface area contributed by atoms with Crippen molar-refractivity contribution in [1.82, 2.24) is 10.2 Å². The molecule has 0 amide bonds. The summed E-state index contributed by atoms with van der Waals surface area (Å²) in [6.07, 6.45) is 0. The van der Waals surface area contributed by atoms with Crippen LogP contribution in [0.25, 0.3) is 0 Å². The summed E-state index contributed by atoms with van der Waals surface area (Å²) in [5.74, 6) is 0. The molecule has 1 aliphatic heterocycles. The molecule has 0 aliphatic carbocycles. The second-order valence-electron chi connectivity index (χ2n) is 3.98. The lowest BCUT2D eigenvalue weighted by molar-refractivity contribution is 0.173. The zero-order valence-corrected chi connectivity index (χ0v) is 10.1. The van der Waals surface area contributed by atoms with Crippen LogP contribution in [0, 0.1) is 0 Å². The molecule has 1 saturated heterocycles. The first-order valence-corrected chi connectivity index (χ1v) is 5.77. The van der Waals surface area contributed by atoms with Gasteiger partial charge in [-0.1, -0.05) is 29.3 Å². The first-order valence-electron chi connectivity index (χ1n) is 5.01. The quantitative estimate of drug-likeness (QED) is 0.879. The Labute approximate surface area is 100 Å². The van der Waals surface area contributed by atoms with Gasteiger partial charge in [-0.2, -0.15) is 0 Å². The molecule has 2 rings (SSSR count). The predicted molar refractivity (Wildman–Crippen MR) is 64.6 cm³/mol. The van der Waals surface area contributed by atoms with Gasteiger partial charge < -0.3 is 5.32 Å². The van der Waals surface area contributed by atoms with Gasteiger partial charge in [0, 0.05) is 25.7 Å². The van der Waals surface area contributed by atoms with E-state index in [2.05, 4.69) is 17.3 Å². The minimum Gasteiger partial charge on any atom is -0.314 e. The highest BCUT2D eigenvalue weighted by Crippen LogP contribution is 2.23. The van der Waals surface area contributed by atoms with Crippen LogP contribution in [0.4, 0.5) is 0 Å². The first-order chi connectivity index (χ1) is 7.16. The summed E-state index contributed by atoms with van der Waals surface area (Å²) >= 11 is 11.8. The van der Waals surface area contributed by atoms with Gasteiger partial charge in [-0.05, 0) is 24.7 Å². The summed E-state index contributed by atoms with van der Waals surface area (Å²) in [7, 11) is 2.13. The van der Waals surface area contributed by atoms with Crippen LogP contribution < -0.4 is 5.32 Å². The van der Waals surface area contributed by atoms with E-state index in [1.165, 1.54) is 5.56 Å². The molecule has 0 saturated carbocycles. The number of hydrogen-bond acceptors (Lipinski definition) is 2. The van der Waals surface area contributed by atoms with E-state index in [1.54, 1.807) is 0 Å². The van der Waals surface area contributed by atoms with Crippen LogP contribution in [0.5, 0.6) is 0 Å². The van der Waals surface area contributed by atoms with E-state index in [0.29, 0.717) is 16.1 Å². The third-order valence-electron chi connectivity index (χ3n) is 2.80. The predicted octanol–water partition coefficient (Wildman–Crippen LogP) is 2.40. The molecule has 1 aliphatic rings. The molecule has 1 aromatic carbocycles. The fourth-order valence-electron chi connectivity index (χ4n) is 1.64. The molecular formula is C11H14Cl2N2. The van der Waals surface area contributed by atoms with Crippen molar-refractivity contribution in [2.45, 2.75) is 12.6 Å². The van der Waals surface area contributed by atoms with Crippen LogP contribution in [0.3, 0.4) is 0 Å². The molecular weight excluding hydrogens is 231 g/mol. The molecule has 15 heavy (non-hydrogen) atoms. The van der Waals surface area contributed by atoms with Crippen LogP contribution in [-0.4, -0.2) is 31.1 Å². The van der Waals surface area contributed by atoms with E-state index >= 15 is 0 Å². The third kappa shape index (κ3) is 2.64. The Morgan fingerprint density at radius 1 is 1.33 bits per heavy atom. The van der Waals surface area contributed by atoms with Gasteiger partial charge in [0.2, 0.25) is 0 Å². The van der Waals surface area contributed by atoms with Crippen molar-refractivity contribution in [3.8, 4) is 0 Å². The van der Waals surface area contributed by atoms with Crippen LogP contribution in [-0.2, 0) is 6.54 Å². The zero-order valence-electron chi connectivity index (χ0n) is 8.63. The Hall–Kier alpha value is -0.280. The van der Waals surface area contributed by atoms with Gasteiger partial charge in [-0.3, -0.25) is 4.90 Å². The highest BCUT2D eigenvalue weighted by molar-refractivity contribution is 6.42. The van der Waals surface area contributed by atoms with Crippen LogP contribution in [0.15, 0.2) is 18.2 Å². The topological polar surface area (TPSA) is 15.3 Å². The molecule has 0 radical (unpaired) electrons. The SMILES string of the molecule is CN(Cc1ccc(Cl)c(Cl)c1)C1CNC1. The Bertz CT molecular complexity index is 350. The Morgan fingerprint density at radius 2 is 2.07 bits per heavy atom. The third-order valence-corrected chi connectivity index (χ3v) is 3.54. The lowest BCUT2D eigenvalue weighted by Gasteiger charge is -2.35. The van der Waals surface area contributed by atoms with E-state index in [-0.39, 0.29) is 0 Å². The number of benzene rings is 1. The van der Waals surface area contributed by atoms with E-state index in [9.17, 15) is 0 Å². The Balaban J connectivity index is 2.00. The average Bonchev–Trinajstić information content (AvgIpc) is 2.08. The summed E-state index contributed by atoms with van der Waals surface area (Å²) in [6.45, 7) is 3.08. The van der Waals surface area contributed by atoms with E-state index in [1.807, 2.05) is 18.2 Å². The van der Waals surface area contributed by atoms with Crippen molar-refractivity contribution in [3.05, 3.63) is 33.8 Å². The molecule has 0 atom stereocenters. The van der Waals surface area contributed by atoms with Crippen molar-refractivity contribution in [1.29, 1.82) is 0 Å². The van der Waals surface area contributed by atoms with Gasteiger partial charge >= 0.3 is 0 Å². The molecule has 0 unspecified atom stereocenters. The number of nitrogens with one attached hydrogen (secondary N) is 1. The number of likely N-dealkylation sites (N-methyl/N-ethyl adjacent to an activating group) is 1. The monoisotopic (exact) mass is 244 g/mol. The van der Waals surface area contributed by atoms with Crippen LogP contribution >= 0.6 is 23.2 Å². The van der Waals surface area contributed by atoms with Crippen LogP contribution in [0.1, 0.15) is 5.56 Å². The molecule has 82 valence electrons. The Morgan fingerprint density at radius 3 is 2.60 bits per heavy atom. The maximum Gasteiger partial charge on any atom is 0.0595 e. The second kappa shape index (κ2) is 4.71. The normalized spacial score (nSPS) is 16.8. The largest absolute Gasteiger partial charge is 0.314 e. The van der Waals surface area contributed by atoms with Gasteiger partial charge in [0.1, 0.15) is 0 Å². The van der Waals surface area contributed by atoms with Crippen molar-refractivity contribution < 1.29 is 0 Å². The average molecular weight is 245 g/mol. The molecule has 0 spiro atoms. The maximum atomic E-state index is 5.96. The molecule has 4 heteroatoms. The lowest BCUT2D eigenvalue weighted by Crippen LogP contribution is -2.55. The summed E-state index contributed by atoms with van der Waals surface area (Å²) in [6, 6.07) is 6.47. The lowest BCUT2D eigenvalue weighted by atomic mass is 10.1. The van der Waals surface area contributed by atoms with E-state index in [4.69, 9.17) is 23.2 Å². The standard InChI is InChI=1S/C11H14Cl2N2/c1-15(9-5-14-6-9)7-8-2-3-10(12)11(13)4-8/h2-4,9,14H,5-7H2,1H3. The second-order valence-corrected chi connectivity index (χ2v) is 4.79. The molecule has 0 aromatic heterocycles. The van der Waals surface area contributed by atoms with Crippen LogP contribution in [0.2, 0.25) is 10.0 Å². The molecule has 1 fully saturated rings. The number of rotatable bonds is 3. The number of halogens is 2. The van der Waals surface area contributed by atoms with Gasteiger partial charge in [0.05, 0.1) is 10.0 Å². The van der Waals surface area contributed by atoms with Crippen molar-refractivity contribution in [2.75, 3.05) is 20.1 Å². The maximum absolute atomic E-state index is 5.96. The minimum absolute atomic E-state index is 0.619. The zero-order chi connectivity index (χ0) is 10.8. The summed E-state index contributed by atoms with van der Waals surface area (Å²) < 4.78 is 0. The fraction of sp³-hybridized carbons (Fsp3) is 0.455. The van der Waals surface area contributed by atoms with E-state index in [0.717, 1.165) is 19.6 Å². The summed E-state index contributed by atoms with van der Waals surface area (Å²) in [4.78, 5) is 2.33. The molecule has 1 aromatic rings. The highest BCUT2D eigenvalue weighted by Gasteiger charge is 2.21. The van der Waals surface area contributed by atoms with E-state index < -0.39 is 0 Å². The summed E-state index contributed by atoms with van der Waals surface area (Å²) in [5, 5.41) is 4.51. The Kier molecular flexibility index (Phi) is 3.52. The molecule has 0 bridgehead atoms. The van der Waals surface area contributed by atoms with Crippen molar-refractivity contribution in [2.24, 2.45) is 0 Å². The van der Waals surface area contributed by atoms with Gasteiger partial charge in [-0.15, -0.1) is 0 Å². The summed E-state index contributed by atoms with van der Waals surface area (Å²) in [5.41, 5.74) is 1.21. The minimum atomic E-state index is 0.619. The van der Waals surface area contributed by atoms with Gasteiger partial charge in [0.15, 0.2) is 0 Å². The first kappa shape index (κ1) is 11.2. The van der Waals surface area contributed by atoms with Crippen molar-refractivity contribution >= 4 is 23.2 Å². The number of nitrogens with zero attached hydrogens (tertiary/aromatic N) is 1. The molecule has 1 N–H and O–H groups in total. The molecule has 2 nitrogen and oxygen atoms in total. The van der Waals surface area contributed by atoms with Gasteiger partial charge in [0.25, 0.3) is 0 Å².